The third-order valence-electron chi connectivity index (χ3n) is 3.33. The van der Waals surface area contributed by atoms with Crippen molar-refractivity contribution < 1.29 is 0 Å². The summed E-state index contributed by atoms with van der Waals surface area (Å²) in [5.74, 6) is 0.798. The van der Waals surface area contributed by atoms with Crippen molar-refractivity contribution in [2.75, 3.05) is 18.8 Å². The number of hydrogen-bond acceptors (Lipinski definition) is 2. The number of halogens is 1. The van der Waals surface area contributed by atoms with Crippen molar-refractivity contribution in [3.63, 3.8) is 0 Å². The average molecular weight is 239 g/mol. The molecule has 88 valence electrons. The minimum atomic E-state index is 0.783. The van der Waals surface area contributed by atoms with Gasteiger partial charge >= 0.3 is 0 Å². The second kappa shape index (κ2) is 5.55. The molecule has 0 saturated carbocycles. The summed E-state index contributed by atoms with van der Waals surface area (Å²) in [6.07, 6.45) is 4.89. The first-order chi connectivity index (χ1) is 7.75. The zero-order valence-electron chi connectivity index (χ0n) is 9.51. The van der Waals surface area contributed by atoms with Crippen LogP contribution in [0, 0.1) is 5.92 Å². The van der Waals surface area contributed by atoms with E-state index in [1.54, 1.807) is 0 Å². The van der Waals surface area contributed by atoms with Crippen molar-refractivity contribution in [3.05, 3.63) is 28.8 Å². The van der Waals surface area contributed by atoms with Crippen molar-refractivity contribution in [3.8, 4) is 0 Å². The zero-order valence-corrected chi connectivity index (χ0v) is 10.3. The fourth-order valence-electron chi connectivity index (χ4n) is 2.32. The smallest absolute Gasteiger partial charge is 0.0410 e. The third-order valence-corrected chi connectivity index (χ3v) is 3.56. The lowest BCUT2D eigenvalue weighted by molar-refractivity contribution is 0.358. The van der Waals surface area contributed by atoms with Crippen LogP contribution in [0.1, 0.15) is 24.8 Å². The van der Waals surface area contributed by atoms with Crippen molar-refractivity contribution in [1.29, 1.82) is 0 Å². The van der Waals surface area contributed by atoms with E-state index in [4.69, 9.17) is 17.3 Å². The SMILES string of the molecule is Nc1ccc(Cl)cc1CCC1CCCNC1. The van der Waals surface area contributed by atoms with Crippen LogP contribution in [0.25, 0.3) is 0 Å². The molecule has 1 aromatic carbocycles. The van der Waals surface area contributed by atoms with Crippen molar-refractivity contribution in [2.45, 2.75) is 25.7 Å². The van der Waals surface area contributed by atoms with Gasteiger partial charge < -0.3 is 11.1 Å². The highest BCUT2D eigenvalue weighted by molar-refractivity contribution is 6.30. The predicted octanol–water partition coefficient (Wildman–Crippen LogP) is 2.85. The Labute approximate surface area is 102 Å². The van der Waals surface area contributed by atoms with Gasteiger partial charge in [-0.2, -0.15) is 0 Å². The monoisotopic (exact) mass is 238 g/mol. The Morgan fingerprint density at radius 3 is 3.06 bits per heavy atom. The van der Waals surface area contributed by atoms with Crippen molar-refractivity contribution in [2.24, 2.45) is 5.92 Å². The second-order valence-electron chi connectivity index (χ2n) is 4.59. The standard InChI is InChI=1S/C13H19ClN2/c14-12-5-6-13(15)11(8-12)4-3-10-2-1-7-16-9-10/h5-6,8,10,16H,1-4,7,9,15H2. The van der Waals surface area contributed by atoms with Crippen LogP contribution in [0.3, 0.4) is 0 Å². The number of anilines is 1. The summed E-state index contributed by atoms with van der Waals surface area (Å²) in [4.78, 5) is 0. The van der Waals surface area contributed by atoms with E-state index < -0.39 is 0 Å². The van der Waals surface area contributed by atoms with Crippen LogP contribution in [0.4, 0.5) is 5.69 Å². The number of piperidine rings is 1. The summed E-state index contributed by atoms with van der Waals surface area (Å²) < 4.78 is 0. The quantitative estimate of drug-likeness (QED) is 0.795. The molecule has 1 fully saturated rings. The molecule has 3 heteroatoms. The van der Waals surface area contributed by atoms with E-state index in [1.807, 2.05) is 18.2 Å². The molecule has 3 N–H and O–H groups in total. The third kappa shape index (κ3) is 3.13. The van der Waals surface area contributed by atoms with Gasteiger partial charge in [0.05, 0.1) is 0 Å². The first-order valence-electron chi connectivity index (χ1n) is 6.00. The van der Waals surface area contributed by atoms with Crippen LogP contribution in [0.2, 0.25) is 5.02 Å². The highest BCUT2D eigenvalue weighted by Crippen LogP contribution is 2.22. The molecule has 0 bridgehead atoms. The van der Waals surface area contributed by atoms with Gasteiger partial charge in [-0.1, -0.05) is 11.6 Å². The molecule has 1 aliphatic heterocycles. The molecule has 16 heavy (non-hydrogen) atoms. The number of benzene rings is 1. The number of nitrogen functional groups attached to an aromatic ring is 1. The Balaban J connectivity index is 1.90. The van der Waals surface area contributed by atoms with E-state index >= 15 is 0 Å². The molecule has 0 radical (unpaired) electrons. The summed E-state index contributed by atoms with van der Waals surface area (Å²) in [6, 6.07) is 5.74. The Bertz CT molecular complexity index is 346. The minimum absolute atomic E-state index is 0.783. The normalized spacial score (nSPS) is 20.9. The van der Waals surface area contributed by atoms with Gasteiger partial charge in [-0.25, -0.2) is 0 Å². The summed E-state index contributed by atoms with van der Waals surface area (Å²) in [5, 5.41) is 4.22. The van der Waals surface area contributed by atoms with Gasteiger partial charge in [-0.15, -0.1) is 0 Å². The van der Waals surface area contributed by atoms with Crippen LogP contribution >= 0.6 is 11.6 Å². The molecule has 1 unspecified atom stereocenters. The van der Waals surface area contributed by atoms with Gasteiger partial charge in [-0.3, -0.25) is 0 Å². The Morgan fingerprint density at radius 2 is 2.31 bits per heavy atom. The zero-order chi connectivity index (χ0) is 11.4. The molecule has 0 aliphatic carbocycles. The summed E-state index contributed by atoms with van der Waals surface area (Å²) in [6.45, 7) is 2.33. The van der Waals surface area contributed by atoms with Gasteiger partial charge in [0.25, 0.3) is 0 Å². The maximum atomic E-state index is 5.97. The first-order valence-corrected chi connectivity index (χ1v) is 6.38. The molecule has 1 aliphatic rings. The lowest BCUT2D eigenvalue weighted by Gasteiger charge is -2.22. The van der Waals surface area contributed by atoms with Gasteiger partial charge in [0.2, 0.25) is 0 Å². The van der Waals surface area contributed by atoms with E-state index in [9.17, 15) is 0 Å². The van der Waals surface area contributed by atoms with Crippen LogP contribution in [0.15, 0.2) is 18.2 Å². The number of aryl methyl sites for hydroxylation is 1. The predicted molar refractivity (Wildman–Crippen MR) is 69.8 cm³/mol. The summed E-state index contributed by atoms with van der Waals surface area (Å²) in [7, 11) is 0. The Hall–Kier alpha value is -0.730. The molecule has 1 saturated heterocycles. The maximum Gasteiger partial charge on any atom is 0.0410 e. The van der Waals surface area contributed by atoms with E-state index in [-0.39, 0.29) is 0 Å². The molecule has 0 amide bonds. The second-order valence-corrected chi connectivity index (χ2v) is 5.03. The highest BCUT2D eigenvalue weighted by Gasteiger charge is 2.13. The number of hydrogen-bond donors (Lipinski definition) is 2. The lowest BCUT2D eigenvalue weighted by Crippen LogP contribution is -2.29. The Kier molecular flexibility index (Phi) is 4.08. The van der Waals surface area contributed by atoms with Gasteiger partial charge in [0, 0.05) is 10.7 Å². The molecule has 0 aromatic heterocycles. The number of rotatable bonds is 3. The lowest BCUT2D eigenvalue weighted by atomic mass is 9.92. The van der Waals surface area contributed by atoms with Crippen LogP contribution in [-0.2, 0) is 6.42 Å². The van der Waals surface area contributed by atoms with E-state index in [1.165, 1.54) is 31.4 Å². The van der Waals surface area contributed by atoms with Crippen LogP contribution in [-0.4, -0.2) is 13.1 Å². The fourth-order valence-corrected chi connectivity index (χ4v) is 2.52. The molecule has 1 heterocycles. The van der Waals surface area contributed by atoms with Gasteiger partial charge in [0.15, 0.2) is 0 Å². The highest BCUT2D eigenvalue weighted by atomic mass is 35.5. The molecule has 2 nitrogen and oxygen atoms in total. The van der Waals surface area contributed by atoms with Crippen LogP contribution in [0.5, 0.6) is 0 Å². The fraction of sp³-hybridized carbons (Fsp3) is 0.538. The Morgan fingerprint density at radius 1 is 1.44 bits per heavy atom. The molecule has 0 spiro atoms. The van der Waals surface area contributed by atoms with Gasteiger partial charge in [-0.05, 0) is 68.5 Å². The topological polar surface area (TPSA) is 38.0 Å². The van der Waals surface area contributed by atoms with E-state index in [0.29, 0.717) is 0 Å². The van der Waals surface area contributed by atoms with Crippen molar-refractivity contribution >= 4 is 17.3 Å². The number of nitrogens with two attached hydrogens (primary N) is 1. The summed E-state index contributed by atoms with van der Waals surface area (Å²) in [5.41, 5.74) is 7.99. The molecular formula is C13H19ClN2. The van der Waals surface area contributed by atoms with Crippen molar-refractivity contribution in [1.82, 2.24) is 5.32 Å². The largest absolute Gasteiger partial charge is 0.399 e. The van der Waals surface area contributed by atoms with E-state index in [0.717, 1.165) is 29.6 Å². The maximum absolute atomic E-state index is 5.97. The molecule has 1 atom stereocenters. The number of nitrogens with one attached hydrogen (secondary N) is 1. The average Bonchev–Trinajstić information content (AvgIpc) is 2.32. The van der Waals surface area contributed by atoms with Gasteiger partial charge in [0.1, 0.15) is 0 Å². The first kappa shape index (κ1) is 11.7. The molecule has 1 aromatic rings. The summed E-state index contributed by atoms with van der Waals surface area (Å²) >= 11 is 5.97. The molecule has 2 rings (SSSR count). The van der Waals surface area contributed by atoms with E-state index in [2.05, 4.69) is 5.32 Å². The minimum Gasteiger partial charge on any atom is -0.399 e. The van der Waals surface area contributed by atoms with Crippen LogP contribution < -0.4 is 11.1 Å². The molecular weight excluding hydrogens is 220 g/mol.